The van der Waals surface area contributed by atoms with Gasteiger partial charge in [-0.2, -0.15) is 0 Å². The first kappa shape index (κ1) is 49.4. The second-order valence-corrected chi connectivity index (χ2v) is 18.0. The number of carbonyl (C=O) groups excluding carboxylic acids is 3. The summed E-state index contributed by atoms with van der Waals surface area (Å²) in [5.41, 5.74) is 0. The number of aliphatic hydroxyl groups is 2. The van der Waals surface area contributed by atoms with Crippen molar-refractivity contribution in [3.63, 3.8) is 0 Å². The Morgan fingerprint density at radius 3 is 1.60 bits per heavy atom. The summed E-state index contributed by atoms with van der Waals surface area (Å²) in [4.78, 5) is 34.4. The van der Waals surface area contributed by atoms with Crippen molar-refractivity contribution in [1.29, 1.82) is 0 Å². The Morgan fingerprint density at radius 2 is 1.05 bits per heavy atom. The molecule has 8 heterocycles. The van der Waals surface area contributed by atoms with Crippen LogP contribution < -0.4 is 0 Å². The van der Waals surface area contributed by atoms with Crippen LogP contribution in [0.3, 0.4) is 0 Å². The fourth-order valence-corrected chi connectivity index (χ4v) is 9.12. The van der Waals surface area contributed by atoms with Crippen molar-refractivity contribution in [2.45, 2.75) is 243 Å². The van der Waals surface area contributed by atoms with Crippen LogP contribution in [0.1, 0.15) is 108 Å². The molecule has 8 aliphatic rings. The highest BCUT2D eigenvalue weighted by atomic mass is 16.7. The van der Waals surface area contributed by atoms with E-state index in [-0.39, 0.29) is 84.5 Å². The van der Waals surface area contributed by atoms with Gasteiger partial charge in [-0.3, -0.25) is 14.4 Å². The molecule has 0 aromatic rings. The Balaban J connectivity index is 0.000000159. The van der Waals surface area contributed by atoms with Gasteiger partial charge in [0, 0.05) is 32.1 Å². The van der Waals surface area contributed by atoms with Crippen LogP contribution >= 0.6 is 0 Å². The van der Waals surface area contributed by atoms with Gasteiger partial charge in [-0.05, 0) is 100.0 Å². The first-order chi connectivity index (χ1) is 29.3. The van der Waals surface area contributed by atoms with Crippen LogP contribution in [-0.2, 0) is 71.2 Å². The van der Waals surface area contributed by atoms with Gasteiger partial charge in [0.05, 0.1) is 67.1 Å². The predicted molar refractivity (Wildman–Crippen MR) is 219 cm³/mol. The molecule has 8 aliphatic heterocycles. The van der Waals surface area contributed by atoms with Crippen molar-refractivity contribution in [2.75, 3.05) is 0 Å². The SMILES string of the molecule is CC1CC(O)C(OC2C=CC(=O)C(C)O2)C(C)O1.CC1CC(O)C(OC2CCC(OC3C=CC(=O)C(C)O3)C(C)O2)C(C)O1.CC1CC2OC3CC(=O)C(C)OC3OC2C(C)O1. The highest BCUT2D eigenvalue weighted by Gasteiger charge is 2.49. The largest absolute Gasteiger partial charge is 0.390 e. The highest BCUT2D eigenvalue weighted by molar-refractivity contribution is 5.94. The molecular weight excluding hydrogens is 812 g/mol. The molecule has 6 fully saturated rings. The number of aliphatic hydroxyl groups excluding tert-OH is 2. The molecule has 0 saturated carbocycles. The van der Waals surface area contributed by atoms with E-state index in [2.05, 4.69) is 0 Å². The zero-order valence-electron chi connectivity index (χ0n) is 37.8. The third-order valence-corrected chi connectivity index (χ3v) is 12.5. The van der Waals surface area contributed by atoms with E-state index in [1.165, 1.54) is 12.2 Å². The number of hydrogen-bond donors (Lipinski definition) is 2. The smallest absolute Gasteiger partial charge is 0.185 e. The normalized spacial score (nSPS) is 48.2. The third-order valence-electron chi connectivity index (χ3n) is 12.5. The zero-order valence-corrected chi connectivity index (χ0v) is 37.8. The molecule has 8 rings (SSSR count). The summed E-state index contributed by atoms with van der Waals surface area (Å²) in [6, 6.07) is 0. The molecule has 0 spiro atoms. The summed E-state index contributed by atoms with van der Waals surface area (Å²) in [7, 11) is 0. The van der Waals surface area contributed by atoms with Gasteiger partial charge >= 0.3 is 0 Å². The predicted octanol–water partition coefficient (Wildman–Crippen LogP) is 3.55. The first-order valence-electron chi connectivity index (χ1n) is 22.5. The Hall–Kier alpha value is -2.07. The number of rotatable bonds is 6. The number of Topliss-reactive ketones (excluding diaryl/α,β-unsaturated/α-hetero) is 1. The highest BCUT2D eigenvalue weighted by Crippen LogP contribution is 2.36. The molecule has 0 aromatic carbocycles. The minimum atomic E-state index is -0.600. The molecule has 0 amide bonds. The van der Waals surface area contributed by atoms with E-state index < -0.39 is 67.9 Å². The molecule has 2 N–H and O–H groups in total. The number of ketones is 3. The summed E-state index contributed by atoms with van der Waals surface area (Å²) >= 11 is 0. The minimum Gasteiger partial charge on any atom is -0.390 e. The van der Waals surface area contributed by atoms with Gasteiger partial charge in [0.1, 0.15) is 42.7 Å². The zero-order chi connectivity index (χ0) is 45.0. The fraction of sp³-hybridized carbons (Fsp3) is 0.844. The van der Waals surface area contributed by atoms with Gasteiger partial charge in [0.25, 0.3) is 0 Å². The summed E-state index contributed by atoms with van der Waals surface area (Å²) in [5, 5.41) is 20.3. The van der Waals surface area contributed by atoms with E-state index in [4.69, 9.17) is 56.8 Å². The number of ether oxygens (including phenoxy) is 12. The molecule has 0 aliphatic carbocycles. The third kappa shape index (κ3) is 12.8. The molecule has 0 radical (unpaired) electrons. The van der Waals surface area contributed by atoms with Gasteiger partial charge in [0.2, 0.25) is 0 Å². The first-order valence-corrected chi connectivity index (χ1v) is 22.5. The average Bonchev–Trinajstić information content (AvgIpc) is 3.19. The number of carbonyl (C=O) groups is 3. The molecule has 17 heteroatoms. The van der Waals surface area contributed by atoms with Crippen LogP contribution in [-0.4, -0.2) is 163 Å². The molecule has 22 atom stereocenters. The molecule has 352 valence electrons. The van der Waals surface area contributed by atoms with Crippen LogP contribution in [0, 0.1) is 0 Å². The number of hydrogen-bond acceptors (Lipinski definition) is 17. The van der Waals surface area contributed by atoms with E-state index >= 15 is 0 Å². The Labute approximate surface area is 365 Å². The van der Waals surface area contributed by atoms with Crippen molar-refractivity contribution in [3.8, 4) is 0 Å². The van der Waals surface area contributed by atoms with Gasteiger partial charge in [-0.15, -0.1) is 0 Å². The maximum atomic E-state index is 11.7. The molecule has 0 aromatic heterocycles. The molecule has 6 saturated heterocycles. The lowest BCUT2D eigenvalue weighted by Gasteiger charge is -2.49. The second kappa shape index (κ2) is 21.9. The van der Waals surface area contributed by atoms with E-state index in [9.17, 15) is 24.6 Å². The van der Waals surface area contributed by atoms with Crippen LogP contribution in [0.2, 0.25) is 0 Å². The van der Waals surface area contributed by atoms with Gasteiger partial charge in [-0.25, -0.2) is 0 Å². The van der Waals surface area contributed by atoms with Crippen LogP contribution in [0.4, 0.5) is 0 Å². The van der Waals surface area contributed by atoms with E-state index in [0.717, 1.165) is 12.8 Å². The Morgan fingerprint density at radius 1 is 0.516 bits per heavy atom. The van der Waals surface area contributed by atoms with Gasteiger partial charge in [-0.1, -0.05) is 0 Å². The quantitative estimate of drug-likeness (QED) is 0.392. The molecule has 22 unspecified atom stereocenters. The Kier molecular flexibility index (Phi) is 17.5. The summed E-state index contributed by atoms with van der Waals surface area (Å²) in [5.74, 6) is -0.0358. The summed E-state index contributed by atoms with van der Waals surface area (Å²) < 4.78 is 69.2. The topological polar surface area (TPSA) is 202 Å². The van der Waals surface area contributed by atoms with E-state index in [0.29, 0.717) is 25.7 Å². The fourth-order valence-electron chi connectivity index (χ4n) is 9.12. The van der Waals surface area contributed by atoms with E-state index in [1.807, 2.05) is 48.5 Å². The standard InChI is InChI=1S/C19H30O7.2C13H20O5/c1-10-9-15(21)19(13(4)22-10)26-18-8-6-16(12(3)24-18)25-17-7-5-14(20)11(2)23-17;1-6-4-10-12(8(3)15-6)18-13-11(17-10)5-9(14)7(2)16-13;1-7-6-11(15)13(9(3)16-7)18-12-5-4-10(14)8(2)17-12/h5,7,10-13,15-19,21H,6,8-9H2,1-4H3;6-8,10-13H,4-5H2,1-3H3;4-5,7-9,11-13,15H,6H2,1-3H3. The van der Waals surface area contributed by atoms with Gasteiger partial charge < -0.3 is 67.1 Å². The molecular formula is C45H70O17. The van der Waals surface area contributed by atoms with Crippen LogP contribution in [0.5, 0.6) is 0 Å². The van der Waals surface area contributed by atoms with Crippen molar-refractivity contribution in [1.82, 2.24) is 0 Å². The average molecular weight is 883 g/mol. The summed E-state index contributed by atoms with van der Waals surface area (Å²) in [6.07, 6.45) is 3.73. The minimum absolute atomic E-state index is 0.00349. The van der Waals surface area contributed by atoms with Crippen molar-refractivity contribution in [2.24, 2.45) is 0 Å². The van der Waals surface area contributed by atoms with E-state index in [1.54, 1.807) is 32.9 Å². The van der Waals surface area contributed by atoms with Gasteiger partial charge in [0.15, 0.2) is 42.5 Å². The van der Waals surface area contributed by atoms with Crippen molar-refractivity contribution >= 4 is 17.3 Å². The van der Waals surface area contributed by atoms with Crippen LogP contribution in [0.15, 0.2) is 24.3 Å². The lowest BCUT2D eigenvalue weighted by Crippen LogP contribution is -2.61. The van der Waals surface area contributed by atoms with Crippen molar-refractivity contribution < 1.29 is 81.4 Å². The molecule has 62 heavy (non-hydrogen) atoms. The maximum absolute atomic E-state index is 11.7. The summed E-state index contributed by atoms with van der Waals surface area (Å²) in [6.45, 7) is 18.8. The molecule has 0 bridgehead atoms. The number of fused-ring (bicyclic) bond motifs is 2. The monoisotopic (exact) mass is 882 g/mol. The molecule has 17 nitrogen and oxygen atoms in total. The second-order valence-electron chi connectivity index (χ2n) is 18.0. The Bertz CT molecular complexity index is 1530. The van der Waals surface area contributed by atoms with Crippen LogP contribution in [0.25, 0.3) is 0 Å². The maximum Gasteiger partial charge on any atom is 0.185 e. The lowest BCUT2D eigenvalue weighted by molar-refractivity contribution is -0.346. The van der Waals surface area contributed by atoms with Crippen molar-refractivity contribution in [3.05, 3.63) is 24.3 Å². The lowest BCUT2D eigenvalue weighted by atomic mass is 9.95.